The Balaban J connectivity index is 3.08. The number of carboxylic acid groups (broad SMARTS) is 1. The number of aromatic hydroxyl groups is 3. The third-order valence-corrected chi connectivity index (χ3v) is 1.82. The maximum absolute atomic E-state index is 10.3. The van der Waals surface area contributed by atoms with Gasteiger partial charge >= 0.3 is 5.97 Å². The molecule has 0 aromatic heterocycles. The maximum atomic E-state index is 10.3. The lowest BCUT2D eigenvalue weighted by Gasteiger charge is -2.12. The highest BCUT2D eigenvalue weighted by Crippen LogP contribution is 2.37. The number of carboxylic acids is 1. The van der Waals surface area contributed by atoms with Crippen molar-refractivity contribution in [3.63, 3.8) is 0 Å². The number of phenolic OH excluding ortho intramolecular Hbond substituents is 3. The zero-order valence-corrected chi connectivity index (χ0v) is 7.58. The first-order chi connectivity index (χ1) is 6.91. The number of phenols is 3. The Morgan fingerprint density at radius 1 is 1.20 bits per heavy atom. The summed E-state index contributed by atoms with van der Waals surface area (Å²) in [7, 11) is 0. The Bertz CT molecular complexity index is 363. The van der Waals surface area contributed by atoms with Crippen molar-refractivity contribution in [3.05, 3.63) is 17.7 Å². The normalized spacial score (nSPS) is 12.3. The van der Waals surface area contributed by atoms with Gasteiger partial charge in [0.05, 0.1) is 18.1 Å². The summed E-state index contributed by atoms with van der Waals surface area (Å²) < 4.78 is 0. The van der Waals surface area contributed by atoms with Crippen LogP contribution in [0.25, 0.3) is 0 Å². The van der Waals surface area contributed by atoms with E-state index >= 15 is 0 Å². The van der Waals surface area contributed by atoms with Crippen LogP contribution < -0.4 is 0 Å². The largest absolute Gasteiger partial charge is 0.508 e. The van der Waals surface area contributed by atoms with E-state index in [2.05, 4.69) is 0 Å². The Morgan fingerprint density at radius 3 is 2.07 bits per heavy atom. The summed E-state index contributed by atoms with van der Waals surface area (Å²) in [5, 5.41) is 45.3. The summed E-state index contributed by atoms with van der Waals surface area (Å²) in [6, 6.07) is 1.81. The average Bonchev–Trinajstić information content (AvgIpc) is 1.99. The first-order valence-corrected chi connectivity index (χ1v) is 4.06. The fraction of sp³-hybridized carbons (Fsp3) is 0.222. The monoisotopic (exact) mass is 214 g/mol. The van der Waals surface area contributed by atoms with Gasteiger partial charge in [-0.25, -0.2) is 0 Å². The third-order valence-electron chi connectivity index (χ3n) is 1.82. The Hall–Kier alpha value is -1.95. The molecule has 0 aliphatic rings. The smallest absolute Gasteiger partial charge is 0.306 e. The van der Waals surface area contributed by atoms with E-state index in [0.29, 0.717) is 0 Å². The second-order valence-electron chi connectivity index (χ2n) is 3.01. The van der Waals surface area contributed by atoms with Gasteiger partial charge in [-0.3, -0.25) is 4.79 Å². The van der Waals surface area contributed by atoms with Crippen LogP contribution in [0.5, 0.6) is 17.2 Å². The molecule has 15 heavy (non-hydrogen) atoms. The van der Waals surface area contributed by atoms with Crippen LogP contribution in [0.4, 0.5) is 0 Å². The molecule has 6 nitrogen and oxygen atoms in total. The van der Waals surface area contributed by atoms with Gasteiger partial charge in [0.2, 0.25) is 0 Å². The molecule has 0 aliphatic heterocycles. The molecular weight excluding hydrogens is 204 g/mol. The van der Waals surface area contributed by atoms with Crippen molar-refractivity contribution in [2.45, 2.75) is 12.5 Å². The van der Waals surface area contributed by atoms with Crippen LogP contribution in [-0.4, -0.2) is 31.5 Å². The summed E-state index contributed by atoms with van der Waals surface area (Å²) in [6.07, 6.45) is -2.17. The lowest BCUT2D eigenvalue weighted by Crippen LogP contribution is -2.05. The van der Waals surface area contributed by atoms with Crippen LogP contribution in [-0.2, 0) is 4.79 Å². The van der Waals surface area contributed by atoms with E-state index < -0.39 is 30.0 Å². The lowest BCUT2D eigenvalue weighted by atomic mass is 10.0. The number of benzene rings is 1. The molecule has 1 rings (SSSR count). The molecule has 1 aromatic carbocycles. The maximum Gasteiger partial charge on any atom is 0.306 e. The van der Waals surface area contributed by atoms with Crippen LogP contribution in [0, 0.1) is 0 Å². The molecule has 0 fully saturated rings. The number of aliphatic hydroxyl groups is 1. The molecule has 0 radical (unpaired) electrons. The molecule has 5 N–H and O–H groups in total. The first-order valence-electron chi connectivity index (χ1n) is 4.06. The Morgan fingerprint density at radius 2 is 1.67 bits per heavy atom. The van der Waals surface area contributed by atoms with Crippen LogP contribution in [0.15, 0.2) is 12.1 Å². The van der Waals surface area contributed by atoms with Crippen LogP contribution in [0.3, 0.4) is 0 Å². The molecule has 6 heteroatoms. The molecule has 0 aliphatic carbocycles. The predicted molar refractivity (Wildman–Crippen MR) is 48.6 cm³/mol. The zero-order chi connectivity index (χ0) is 11.6. The number of aliphatic hydroxyl groups excluding tert-OH is 1. The second-order valence-corrected chi connectivity index (χ2v) is 3.01. The highest BCUT2D eigenvalue weighted by Gasteiger charge is 2.20. The van der Waals surface area contributed by atoms with Crippen molar-refractivity contribution < 1.29 is 30.3 Å². The van der Waals surface area contributed by atoms with E-state index in [4.69, 9.17) is 10.2 Å². The standard InChI is InChI=1S/C9H10O6/c10-4-1-5(11)9(6(12)2-4)7(13)3-8(14)15/h1-2,7,10-13H,3H2,(H,14,15)/t7-/m1/s1. The minimum atomic E-state index is -1.52. The Labute approximate surface area is 84.7 Å². The average molecular weight is 214 g/mol. The van der Waals surface area contributed by atoms with E-state index in [0.717, 1.165) is 12.1 Å². The fourth-order valence-corrected chi connectivity index (χ4v) is 1.22. The fourth-order valence-electron chi connectivity index (χ4n) is 1.22. The van der Waals surface area contributed by atoms with E-state index in [1.165, 1.54) is 0 Å². The summed E-state index contributed by atoms with van der Waals surface area (Å²) in [5.41, 5.74) is -0.310. The van der Waals surface area contributed by atoms with Gasteiger partial charge in [0.15, 0.2) is 0 Å². The highest BCUT2D eigenvalue weighted by molar-refractivity contribution is 5.68. The number of hydrogen-bond acceptors (Lipinski definition) is 5. The van der Waals surface area contributed by atoms with Gasteiger partial charge in [0.1, 0.15) is 17.2 Å². The molecule has 0 heterocycles. The van der Waals surface area contributed by atoms with Crippen molar-refractivity contribution in [1.29, 1.82) is 0 Å². The van der Waals surface area contributed by atoms with Crippen LogP contribution in [0.1, 0.15) is 18.1 Å². The van der Waals surface area contributed by atoms with Crippen LogP contribution >= 0.6 is 0 Å². The molecule has 0 bridgehead atoms. The minimum absolute atomic E-state index is 0.310. The van der Waals surface area contributed by atoms with E-state index in [1.807, 2.05) is 0 Å². The molecule has 1 atom stereocenters. The van der Waals surface area contributed by atoms with Crippen molar-refractivity contribution in [2.75, 3.05) is 0 Å². The molecule has 0 saturated carbocycles. The molecule has 0 saturated heterocycles. The first kappa shape index (κ1) is 11.1. The van der Waals surface area contributed by atoms with Gasteiger partial charge in [0.25, 0.3) is 0 Å². The van der Waals surface area contributed by atoms with E-state index in [9.17, 15) is 20.1 Å². The summed E-state index contributed by atoms with van der Waals surface area (Å²) in [4.78, 5) is 10.3. The van der Waals surface area contributed by atoms with Crippen molar-refractivity contribution in [2.24, 2.45) is 0 Å². The number of carbonyl (C=O) groups is 1. The van der Waals surface area contributed by atoms with E-state index in [1.54, 1.807) is 0 Å². The molecule has 0 amide bonds. The van der Waals surface area contributed by atoms with Crippen LogP contribution in [0.2, 0.25) is 0 Å². The molecule has 0 unspecified atom stereocenters. The number of aliphatic carboxylic acids is 1. The lowest BCUT2D eigenvalue weighted by molar-refractivity contribution is -0.139. The Kier molecular flexibility index (Phi) is 3.01. The number of rotatable bonds is 3. The minimum Gasteiger partial charge on any atom is -0.508 e. The zero-order valence-electron chi connectivity index (χ0n) is 7.58. The summed E-state index contributed by atoms with van der Waals surface area (Å²) >= 11 is 0. The van der Waals surface area contributed by atoms with Crippen molar-refractivity contribution in [3.8, 4) is 17.2 Å². The van der Waals surface area contributed by atoms with Gasteiger partial charge in [-0.05, 0) is 0 Å². The summed E-state index contributed by atoms with van der Waals surface area (Å²) in [6.45, 7) is 0. The van der Waals surface area contributed by atoms with Crippen molar-refractivity contribution in [1.82, 2.24) is 0 Å². The molecule has 0 spiro atoms. The highest BCUT2D eigenvalue weighted by atomic mass is 16.4. The summed E-state index contributed by atoms with van der Waals surface area (Å²) in [5.74, 6) is -2.76. The second kappa shape index (κ2) is 4.05. The van der Waals surface area contributed by atoms with Gasteiger partial charge in [0, 0.05) is 12.1 Å². The van der Waals surface area contributed by atoms with Gasteiger partial charge < -0.3 is 25.5 Å². The van der Waals surface area contributed by atoms with Gasteiger partial charge in [-0.2, -0.15) is 0 Å². The predicted octanol–water partition coefficient (Wildman–Crippen LogP) is 0.311. The van der Waals surface area contributed by atoms with Crippen molar-refractivity contribution >= 4 is 5.97 Å². The molecule has 82 valence electrons. The van der Waals surface area contributed by atoms with Gasteiger partial charge in [-0.1, -0.05) is 0 Å². The SMILES string of the molecule is O=C(O)C[C@@H](O)c1c(O)cc(O)cc1O. The molecular formula is C9H10O6. The molecule has 1 aromatic rings. The topological polar surface area (TPSA) is 118 Å². The third kappa shape index (κ3) is 2.50. The van der Waals surface area contributed by atoms with E-state index in [-0.39, 0.29) is 11.3 Å². The van der Waals surface area contributed by atoms with Gasteiger partial charge in [-0.15, -0.1) is 0 Å². The number of hydrogen-bond donors (Lipinski definition) is 5. The quantitative estimate of drug-likeness (QED) is 0.494.